The molecule has 0 aliphatic carbocycles. The monoisotopic (exact) mass is 238 g/mol. The third-order valence-electron chi connectivity index (χ3n) is 2.49. The van der Waals surface area contributed by atoms with Gasteiger partial charge in [0.25, 0.3) is 5.91 Å². The minimum absolute atomic E-state index is 0.0437. The molecule has 1 rings (SSSR count). The van der Waals surface area contributed by atoms with Crippen molar-refractivity contribution in [2.24, 2.45) is 0 Å². The number of aliphatic carboxylic acids is 1. The Kier molecular flexibility index (Phi) is 4.03. The van der Waals surface area contributed by atoms with Gasteiger partial charge in [0.1, 0.15) is 11.8 Å². The number of likely N-dealkylation sites (N-methyl/N-ethyl adjacent to an activating group) is 1. The number of carbonyl (C=O) groups is 2. The van der Waals surface area contributed by atoms with Crippen LogP contribution in [-0.2, 0) is 4.79 Å². The van der Waals surface area contributed by atoms with Crippen LogP contribution in [0.25, 0.3) is 0 Å². The van der Waals surface area contributed by atoms with E-state index in [4.69, 9.17) is 5.11 Å². The third kappa shape index (κ3) is 2.72. The summed E-state index contributed by atoms with van der Waals surface area (Å²) in [4.78, 5) is 27.6. The van der Waals surface area contributed by atoms with Crippen LogP contribution in [0.2, 0.25) is 0 Å². The van der Waals surface area contributed by atoms with Gasteiger partial charge in [-0.15, -0.1) is 0 Å². The molecule has 0 saturated carbocycles. The van der Waals surface area contributed by atoms with Gasteiger partial charge in [-0.05, 0) is 12.5 Å². The maximum atomic E-state index is 11.9. The molecule has 1 unspecified atom stereocenters. The Bertz CT molecular complexity index is 433. The highest BCUT2D eigenvalue weighted by Gasteiger charge is 2.26. The van der Waals surface area contributed by atoms with Gasteiger partial charge in [-0.2, -0.15) is 0 Å². The van der Waals surface area contributed by atoms with Crippen molar-refractivity contribution in [1.82, 2.24) is 9.88 Å². The van der Waals surface area contributed by atoms with Gasteiger partial charge in [-0.3, -0.25) is 9.78 Å². The normalized spacial score (nSPS) is 11.9. The average Bonchev–Trinajstić information content (AvgIpc) is 2.29. The van der Waals surface area contributed by atoms with Crippen LogP contribution >= 0.6 is 0 Å². The molecule has 0 aliphatic rings. The zero-order valence-electron chi connectivity index (χ0n) is 9.62. The van der Waals surface area contributed by atoms with E-state index in [0.29, 0.717) is 6.42 Å². The Morgan fingerprint density at radius 1 is 1.53 bits per heavy atom. The Morgan fingerprint density at radius 3 is 2.65 bits per heavy atom. The van der Waals surface area contributed by atoms with Gasteiger partial charge in [-0.1, -0.05) is 6.92 Å². The lowest BCUT2D eigenvalue weighted by molar-refractivity contribution is -0.142. The molecule has 6 heteroatoms. The van der Waals surface area contributed by atoms with Gasteiger partial charge in [0, 0.05) is 13.2 Å². The Hall–Kier alpha value is -2.11. The van der Waals surface area contributed by atoms with Crippen LogP contribution in [0.1, 0.15) is 23.7 Å². The minimum atomic E-state index is -1.07. The van der Waals surface area contributed by atoms with E-state index < -0.39 is 17.9 Å². The zero-order valence-corrected chi connectivity index (χ0v) is 9.62. The van der Waals surface area contributed by atoms with E-state index >= 15 is 0 Å². The van der Waals surface area contributed by atoms with Crippen molar-refractivity contribution in [1.29, 1.82) is 0 Å². The summed E-state index contributed by atoms with van der Waals surface area (Å²) >= 11 is 0. The summed E-state index contributed by atoms with van der Waals surface area (Å²) in [6.45, 7) is 1.68. The molecule has 1 aromatic heterocycles. The van der Waals surface area contributed by atoms with Crippen LogP contribution in [0.5, 0.6) is 5.75 Å². The van der Waals surface area contributed by atoms with Crippen LogP contribution in [0.15, 0.2) is 18.5 Å². The Labute approximate surface area is 98.5 Å². The lowest BCUT2D eigenvalue weighted by Crippen LogP contribution is -2.41. The second kappa shape index (κ2) is 5.29. The van der Waals surface area contributed by atoms with Gasteiger partial charge in [-0.25, -0.2) is 4.79 Å². The highest BCUT2D eigenvalue weighted by Crippen LogP contribution is 2.17. The van der Waals surface area contributed by atoms with Crippen LogP contribution < -0.4 is 0 Å². The molecule has 0 aliphatic heterocycles. The van der Waals surface area contributed by atoms with E-state index in [2.05, 4.69) is 4.98 Å². The molecular weight excluding hydrogens is 224 g/mol. The zero-order chi connectivity index (χ0) is 13.0. The number of amides is 1. The van der Waals surface area contributed by atoms with Crippen molar-refractivity contribution in [3.8, 4) is 5.75 Å². The van der Waals surface area contributed by atoms with Gasteiger partial charge < -0.3 is 15.1 Å². The molecule has 6 nitrogen and oxygen atoms in total. The largest absolute Gasteiger partial charge is 0.505 e. The molecule has 0 bridgehead atoms. The summed E-state index contributed by atoms with van der Waals surface area (Å²) in [5.74, 6) is -1.87. The summed E-state index contributed by atoms with van der Waals surface area (Å²) < 4.78 is 0. The number of carboxylic acid groups (broad SMARTS) is 1. The molecule has 0 spiro atoms. The van der Waals surface area contributed by atoms with E-state index in [0.717, 1.165) is 11.1 Å². The third-order valence-corrected chi connectivity index (χ3v) is 2.49. The predicted octanol–water partition coefficient (Wildman–Crippen LogP) is 0.722. The van der Waals surface area contributed by atoms with E-state index in [1.807, 2.05) is 0 Å². The molecule has 0 saturated heterocycles. The van der Waals surface area contributed by atoms with Crippen LogP contribution in [-0.4, -0.2) is 45.1 Å². The summed E-state index contributed by atoms with van der Waals surface area (Å²) in [6, 6.07) is 0.443. The lowest BCUT2D eigenvalue weighted by atomic mass is 10.1. The molecule has 1 heterocycles. The fourth-order valence-electron chi connectivity index (χ4n) is 1.51. The number of aromatic hydroxyl groups is 1. The first-order chi connectivity index (χ1) is 7.99. The Balaban J connectivity index is 2.98. The van der Waals surface area contributed by atoms with Crippen LogP contribution in [0.3, 0.4) is 0 Å². The molecular formula is C11H14N2O4. The number of aromatic nitrogens is 1. The van der Waals surface area contributed by atoms with Gasteiger partial charge in [0.15, 0.2) is 0 Å². The molecule has 0 radical (unpaired) electrons. The fourth-order valence-corrected chi connectivity index (χ4v) is 1.51. The molecule has 92 valence electrons. The van der Waals surface area contributed by atoms with Crippen LogP contribution in [0.4, 0.5) is 0 Å². The van der Waals surface area contributed by atoms with E-state index in [9.17, 15) is 14.7 Å². The quantitative estimate of drug-likeness (QED) is 0.806. The topological polar surface area (TPSA) is 90.7 Å². The maximum Gasteiger partial charge on any atom is 0.326 e. The van der Waals surface area contributed by atoms with E-state index in [1.54, 1.807) is 6.92 Å². The minimum Gasteiger partial charge on any atom is -0.505 e. The number of carbonyl (C=O) groups excluding carboxylic acids is 1. The number of carboxylic acids is 1. The first-order valence-electron chi connectivity index (χ1n) is 5.12. The van der Waals surface area contributed by atoms with Gasteiger partial charge in [0.05, 0.1) is 11.8 Å². The first kappa shape index (κ1) is 13.0. The molecule has 1 aromatic rings. The Morgan fingerprint density at radius 2 is 2.18 bits per heavy atom. The van der Waals surface area contributed by atoms with Crippen LogP contribution in [0, 0.1) is 0 Å². The highest BCUT2D eigenvalue weighted by molar-refractivity contribution is 5.98. The predicted molar refractivity (Wildman–Crippen MR) is 59.7 cm³/mol. The van der Waals surface area contributed by atoms with Gasteiger partial charge in [0.2, 0.25) is 0 Å². The number of pyridine rings is 1. The van der Waals surface area contributed by atoms with Crippen molar-refractivity contribution >= 4 is 11.9 Å². The highest BCUT2D eigenvalue weighted by atomic mass is 16.4. The second-order valence-corrected chi connectivity index (χ2v) is 3.57. The van der Waals surface area contributed by atoms with Crippen molar-refractivity contribution < 1.29 is 19.8 Å². The number of hydrogen-bond acceptors (Lipinski definition) is 4. The number of nitrogens with zero attached hydrogens (tertiary/aromatic N) is 2. The summed E-state index contributed by atoms with van der Waals surface area (Å²) in [7, 11) is 1.39. The molecule has 0 fully saturated rings. The smallest absolute Gasteiger partial charge is 0.326 e. The molecule has 2 N–H and O–H groups in total. The summed E-state index contributed by atoms with van der Waals surface area (Å²) in [6.07, 6.45) is 2.80. The first-order valence-corrected chi connectivity index (χ1v) is 5.12. The molecule has 17 heavy (non-hydrogen) atoms. The molecule has 0 aromatic carbocycles. The second-order valence-electron chi connectivity index (χ2n) is 3.57. The van der Waals surface area contributed by atoms with E-state index in [-0.39, 0.29) is 11.3 Å². The summed E-state index contributed by atoms with van der Waals surface area (Å²) in [5, 5.41) is 18.4. The standard InChI is InChI=1S/C11H14N2O4/c1-3-8(11(16)17)13(2)10(15)7-4-5-12-6-9(7)14/h4-6,8,14H,3H2,1-2H3,(H,16,17). The number of hydrogen-bond donors (Lipinski definition) is 2. The maximum absolute atomic E-state index is 11.9. The average molecular weight is 238 g/mol. The van der Waals surface area contributed by atoms with Crippen molar-refractivity contribution in [2.45, 2.75) is 19.4 Å². The molecule has 1 amide bonds. The van der Waals surface area contributed by atoms with Crippen molar-refractivity contribution in [3.05, 3.63) is 24.0 Å². The molecule has 1 atom stereocenters. The van der Waals surface area contributed by atoms with Crippen molar-refractivity contribution in [2.75, 3.05) is 7.05 Å². The van der Waals surface area contributed by atoms with Crippen molar-refractivity contribution in [3.63, 3.8) is 0 Å². The number of rotatable bonds is 4. The lowest BCUT2D eigenvalue weighted by Gasteiger charge is -2.23. The summed E-state index contributed by atoms with van der Waals surface area (Å²) in [5.41, 5.74) is 0.0437. The van der Waals surface area contributed by atoms with Gasteiger partial charge >= 0.3 is 5.97 Å². The fraction of sp³-hybridized carbons (Fsp3) is 0.364. The SMILES string of the molecule is CCC(C(=O)O)N(C)C(=O)c1ccncc1O. The van der Waals surface area contributed by atoms with E-state index in [1.165, 1.54) is 19.3 Å².